The molecule has 5 heteroatoms. The number of rotatable bonds is 2. The van der Waals surface area contributed by atoms with Crippen LogP contribution in [0.3, 0.4) is 0 Å². The molecular formula is C11H12N2O2S. The summed E-state index contributed by atoms with van der Waals surface area (Å²) in [6.45, 7) is 3.52. The molecule has 2 aliphatic rings. The van der Waals surface area contributed by atoms with Gasteiger partial charge in [-0.1, -0.05) is 6.58 Å². The molecular weight excluding hydrogens is 224 g/mol. The first-order valence-electron chi connectivity index (χ1n) is 5.06. The topological polar surface area (TPSA) is 52.6 Å². The van der Waals surface area contributed by atoms with Gasteiger partial charge in [-0.2, -0.15) is 0 Å². The summed E-state index contributed by atoms with van der Waals surface area (Å²) < 4.78 is 0. The van der Waals surface area contributed by atoms with Crippen molar-refractivity contribution in [2.24, 2.45) is 0 Å². The van der Waals surface area contributed by atoms with Crippen molar-refractivity contribution in [2.75, 3.05) is 6.54 Å². The quantitative estimate of drug-likeness (QED) is 0.560. The zero-order valence-electron chi connectivity index (χ0n) is 8.75. The number of carboxylic acids is 1. The standard InChI is InChI=1S/C11H12N2O2S/c1-2-8-7-4-3-5-9(7)13(6-10(14)15)11(16)12-8/h1,3-6H2,(H,12,16)(H,14,15). The zero-order chi connectivity index (χ0) is 11.7. The number of thiocarbonyl (C=S) groups is 1. The van der Waals surface area contributed by atoms with Crippen molar-refractivity contribution in [2.45, 2.75) is 19.3 Å². The Morgan fingerprint density at radius 1 is 1.62 bits per heavy atom. The number of allylic oxidation sites excluding steroid dienone is 2. The largest absolute Gasteiger partial charge is 0.480 e. The van der Waals surface area contributed by atoms with Gasteiger partial charge in [0.1, 0.15) is 6.54 Å². The number of hydrogen-bond acceptors (Lipinski definition) is 2. The maximum atomic E-state index is 10.8. The van der Waals surface area contributed by atoms with Crippen molar-refractivity contribution >= 4 is 23.3 Å². The fourth-order valence-corrected chi connectivity index (χ4v) is 2.40. The van der Waals surface area contributed by atoms with Crippen molar-refractivity contribution < 1.29 is 9.90 Å². The lowest BCUT2D eigenvalue weighted by molar-refractivity contribution is -0.137. The van der Waals surface area contributed by atoms with E-state index in [0.29, 0.717) is 5.11 Å². The number of nitrogens with one attached hydrogen (secondary N) is 1. The van der Waals surface area contributed by atoms with Gasteiger partial charge in [-0.25, -0.2) is 0 Å². The highest BCUT2D eigenvalue weighted by Crippen LogP contribution is 2.35. The van der Waals surface area contributed by atoms with Crippen molar-refractivity contribution in [3.63, 3.8) is 0 Å². The van der Waals surface area contributed by atoms with Crippen molar-refractivity contribution in [3.8, 4) is 0 Å². The fraction of sp³-hybridized carbons (Fsp3) is 0.364. The van der Waals surface area contributed by atoms with E-state index < -0.39 is 5.97 Å². The molecule has 0 atom stereocenters. The summed E-state index contributed by atoms with van der Waals surface area (Å²) in [5, 5.41) is 12.2. The lowest BCUT2D eigenvalue weighted by Gasteiger charge is -2.31. The van der Waals surface area contributed by atoms with E-state index in [9.17, 15) is 4.79 Å². The zero-order valence-corrected chi connectivity index (χ0v) is 9.56. The first-order chi connectivity index (χ1) is 7.63. The second-order valence-electron chi connectivity index (χ2n) is 3.74. The molecule has 0 saturated carbocycles. The van der Waals surface area contributed by atoms with Crippen LogP contribution in [0.5, 0.6) is 0 Å². The summed E-state index contributed by atoms with van der Waals surface area (Å²) >= 11 is 5.14. The number of aliphatic carboxylic acids is 1. The average Bonchev–Trinajstić information content (AvgIpc) is 2.70. The molecule has 4 nitrogen and oxygen atoms in total. The van der Waals surface area contributed by atoms with Gasteiger partial charge < -0.3 is 15.3 Å². The van der Waals surface area contributed by atoms with Gasteiger partial charge in [0.05, 0.1) is 5.70 Å². The molecule has 84 valence electrons. The van der Waals surface area contributed by atoms with Crippen LogP contribution in [0.4, 0.5) is 0 Å². The van der Waals surface area contributed by atoms with Crippen molar-refractivity contribution in [1.29, 1.82) is 0 Å². The van der Waals surface area contributed by atoms with Crippen LogP contribution in [-0.4, -0.2) is 27.6 Å². The predicted molar refractivity (Wildman–Crippen MR) is 63.6 cm³/mol. The van der Waals surface area contributed by atoms with Gasteiger partial charge >= 0.3 is 5.97 Å². The maximum absolute atomic E-state index is 10.8. The third-order valence-corrected chi connectivity index (χ3v) is 3.09. The Morgan fingerprint density at radius 3 is 3.00 bits per heavy atom. The minimum atomic E-state index is -0.881. The van der Waals surface area contributed by atoms with E-state index in [2.05, 4.69) is 17.6 Å². The van der Waals surface area contributed by atoms with Crippen LogP contribution in [0.25, 0.3) is 0 Å². The molecule has 2 N–H and O–H groups in total. The molecule has 0 saturated heterocycles. The second-order valence-corrected chi connectivity index (χ2v) is 4.13. The van der Waals surface area contributed by atoms with Crippen molar-refractivity contribution in [3.05, 3.63) is 29.3 Å². The number of carbonyl (C=O) groups is 1. The molecule has 0 aromatic carbocycles. The molecule has 0 aromatic rings. The summed E-state index contributed by atoms with van der Waals surface area (Å²) in [6, 6.07) is 0. The smallest absolute Gasteiger partial charge is 0.323 e. The van der Waals surface area contributed by atoms with E-state index in [-0.39, 0.29) is 6.54 Å². The molecule has 0 fully saturated rings. The van der Waals surface area contributed by atoms with E-state index >= 15 is 0 Å². The molecule has 2 rings (SSSR count). The van der Waals surface area contributed by atoms with Crippen LogP contribution in [0, 0.1) is 0 Å². The molecule has 0 spiro atoms. The lowest BCUT2D eigenvalue weighted by Crippen LogP contribution is -2.45. The van der Waals surface area contributed by atoms with Crippen LogP contribution < -0.4 is 5.32 Å². The monoisotopic (exact) mass is 236 g/mol. The van der Waals surface area contributed by atoms with Crippen molar-refractivity contribution in [1.82, 2.24) is 10.2 Å². The fourth-order valence-electron chi connectivity index (χ4n) is 2.12. The van der Waals surface area contributed by atoms with Crippen LogP contribution in [0.2, 0.25) is 0 Å². The van der Waals surface area contributed by atoms with Crippen LogP contribution in [0.15, 0.2) is 29.3 Å². The third kappa shape index (κ3) is 1.75. The highest BCUT2D eigenvalue weighted by molar-refractivity contribution is 7.80. The second kappa shape index (κ2) is 4.12. The molecule has 16 heavy (non-hydrogen) atoms. The molecule has 1 aliphatic heterocycles. The summed E-state index contributed by atoms with van der Waals surface area (Å²) in [7, 11) is 0. The summed E-state index contributed by atoms with van der Waals surface area (Å²) in [5.74, 6) is -0.881. The van der Waals surface area contributed by atoms with E-state index in [1.165, 1.54) is 0 Å². The van der Waals surface area contributed by atoms with Gasteiger partial charge in [0.15, 0.2) is 5.11 Å². The Labute approximate surface area is 98.9 Å². The molecule has 0 bridgehead atoms. The van der Waals surface area contributed by atoms with Crippen LogP contribution in [0.1, 0.15) is 19.3 Å². The number of hydrogen-bond donors (Lipinski definition) is 2. The maximum Gasteiger partial charge on any atom is 0.323 e. The van der Waals surface area contributed by atoms with E-state index in [1.54, 1.807) is 4.90 Å². The Hall–Kier alpha value is -1.58. The van der Waals surface area contributed by atoms with Gasteiger partial charge in [0.2, 0.25) is 0 Å². The van der Waals surface area contributed by atoms with E-state index in [4.69, 9.17) is 17.3 Å². The van der Waals surface area contributed by atoms with Gasteiger partial charge in [0.25, 0.3) is 0 Å². The summed E-state index contributed by atoms with van der Waals surface area (Å²) in [6.07, 6.45) is 2.82. The molecule has 1 heterocycles. The normalized spacial score (nSPS) is 19.4. The first kappa shape index (κ1) is 10.9. The molecule has 0 unspecified atom stereocenters. The first-order valence-corrected chi connectivity index (χ1v) is 5.47. The SMILES string of the molecule is C=C=C1NC(=S)N(CC(=O)O)C2=C1CCC2. The van der Waals surface area contributed by atoms with Crippen LogP contribution in [-0.2, 0) is 4.79 Å². The summed E-state index contributed by atoms with van der Waals surface area (Å²) in [5.41, 5.74) is 5.73. The Bertz CT molecular complexity index is 447. The minimum Gasteiger partial charge on any atom is -0.480 e. The highest BCUT2D eigenvalue weighted by atomic mass is 32.1. The molecule has 1 aliphatic carbocycles. The Morgan fingerprint density at radius 2 is 2.38 bits per heavy atom. The lowest BCUT2D eigenvalue weighted by atomic mass is 10.1. The highest BCUT2D eigenvalue weighted by Gasteiger charge is 2.31. The number of carboxylic acid groups (broad SMARTS) is 1. The number of nitrogens with zero attached hydrogens (tertiary/aromatic N) is 1. The molecule has 0 radical (unpaired) electrons. The van der Waals surface area contributed by atoms with Crippen LogP contribution >= 0.6 is 12.2 Å². The minimum absolute atomic E-state index is 0.0882. The predicted octanol–water partition coefficient (Wildman–Crippen LogP) is 1.37. The van der Waals surface area contributed by atoms with E-state index in [1.807, 2.05) is 0 Å². The van der Waals surface area contributed by atoms with Gasteiger partial charge in [0, 0.05) is 11.3 Å². The molecule has 0 amide bonds. The Balaban J connectivity index is 2.39. The molecule has 0 aromatic heterocycles. The average molecular weight is 236 g/mol. The summed E-state index contributed by atoms with van der Waals surface area (Å²) in [4.78, 5) is 12.4. The van der Waals surface area contributed by atoms with E-state index in [0.717, 1.165) is 36.2 Å². The third-order valence-electron chi connectivity index (χ3n) is 2.76. The van der Waals surface area contributed by atoms with Gasteiger partial charge in [-0.05, 0) is 31.5 Å². The van der Waals surface area contributed by atoms with Gasteiger partial charge in [-0.3, -0.25) is 4.79 Å². The Kier molecular flexibility index (Phi) is 2.81. The van der Waals surface area contributed by atoms with Gasteiger partial charge in [-0.15, -0.1) is 5.73 Å².